The number of hydrogen-bond acceptors (Lipinski definition) is 3. The van der Waals surface area contributed by atoms with Crippen LogP contribution in [0.2, 0.25) is 0 Å². The van der Waals surface area contributed by atoms with E-state index in [-0.39, 0.29) is 0 Å². The third kappa shape index (κ3) is 4.14. The van der Waals surface area contributed by atoms with Crippen molar-refractivity contribution in [3.8, 4) is 16.9 Å². The Bertz CT molecular complexity index is 1350. The number of phenols is 1. The van der Waals surface area contributed by atoms with Gasteiger partial charge in [0, 0.05) is 5.39 Å². The molecule has 167 valence electrons. The first-order valence-corrected chi connectivity index (χ1v) is 11.7. The third-order valence-corrected chi connectivity index (χ3v) is 7.19. The van der Waals surface area contributed by atoms with E-state index in [1.807, 2.05) is 32.0 Å². The Morgan fingerprint density at radius 2 is 1.64 bits per heavy atom. The van der Waals surface area contributed by atoms with Gasteiger partial charge in [0.25, 0.3) is 0 Å². The van der Waals surface area contributed by atoms with E-state index in [1.165, 1.54) is 18.4 Å². The Balaban J connectivity index is 1.60. The van der Waals surface area contributed by atoms with E-state index >= 15 is 0 Å². The number of aromatic hydroxyl groups is 1. The first-order chi connectivity index (χ1) is 15.6. The summed E-state index contributed by atoms with van der Waals surface area (Å²) in [5, 5.41) is 25.3. The zero-order valence-corrected chi connectivity index (χ0v) is 19.7. The quantitative estimate of drug-likeness (QED) is 0.285. The van der Waals surface area contributed by atoms with Crippen LogP contribution < -0.4 is 5.46 Å². The first kappa shape index (κ1) is 22.0. The molecule has 0 aliphatic heterocycles. The van der Waals surface area contributed by atoms with Crippen LogP contribution in [0.25, 0.3) is 32.7 Å². The average Bonchev–Trinajstić information content (AvgIpc) is 3.62. The van der Waals surface area contributed by atoms with E-state index < -0.39 is 11.2 Å². The summed E-state index contributed by atoms with van der Waals surface area (Å²) in [5.74, 6) is 0.976. The van der Waals surface area contributed by atoms with Crippen LogP contribution in [-0.4, -0.2) is 28.9 Å². The van der Waals surface area contributed by atoms with Crippen LogP contribution in [0.3, 0.4) is 0 Å². The third-order valence-electron chi connectivity index (χ3n) is 7.19. The maximum absolute atomic E-state index is 10.8. The van der Waals surface area contributed by atoms with Gasteiger partial charge in [0.1, 0.15) is 5.75 Å². The van der Waals surface area contributed by atoms with Crippen LogP contribution in [0.5, 0.6) is 5.75 Å². The van der Waals surface area contributed by atoms with Crippen molar-refractivity contribution in [2.24, 2.45) is 0 Å². The lowest BCUT2D eigenvalue weighted by Gasteiger charge is -2.37. The normalized spacial score (nSPS) is 14.7. The lowest BCUT2D eigenvalue weighted by molar-refractivity contribution is -0.0893. The molecule has 0 spiro atoms. The van der Waals surface area contributed by atoms with Gasteiger partial charge in [-0.15, -0.1) is 0 Å². The Morgan fingerprint density at radius 1 is 0.879 bits per heavy atom. The van der Waals surface area contributed by atoms with Crippen LogP contribution in [0.15, 0.2) is 66.7 Å². The summed E-state index contributed by atoms with van der Waals surface area (Å²) < 4.78 is 5.98. The molecule has 4 aromatic carbocycles. The standard InChI is InChI=1S/C29H30BO3/c1-28(2,32)29(3,4)33-30-22-8-5-7-20(16-22)25-17-21-15-19(18-11-12-18)13-14-23(21)27-24(25)9-6-10-26(27)31/h5-10,13-18,31-32H,11-12H2,1-4H3. The second kappa shape index (κ2) is 7.90. The van der Waals surface area contributed by atoms with Gasteiger partial charge in [-0.25, -0.2) is 0 Å². The van der Waals surface area contributed by atoms with Crippen LogP contribution in [0.4, 0.5) is 0 Å². The minimum atomic E-state index is -0.980. The molecule has 1 saturated carbocycles. The van der Waals surface area contributed by atoms with Crippen LogP contribution >= 0.6 is 0 Å². The van der Waals surface area contributed by atoms with Crippen LogP contribution in [0, 0.1) is 0 Å². The molecular formula is C29H30BO3. The number of phenolic OH excluding ortho intramolecular Hbond substituents is 1. The minimum absolute atomic E-state index is 0.302. The van der Waals surface area contributed by atoms with E-state index in [0.29, 0.717) is 11.7 Å². The molecule has 33 heavy (non-hydrogen) atoms. The Labute approximate surface area is 196 Å². The molecular weight excluding hydrogens is 407 g/mol. The summed E-state index contributed by atoms with van der Waals surface area (Å²) >= 11 is 0. The summed E-state index contributed by atoms with van der Waals surface area (Å²) in [6.07, 6.45) is 2.52. The van der Waals surface area contributed by atoms with E-state index in [1.54, 1.807) is 27.4 Å². The van der Waals surface area contributed by atoms with Crippen molar-refractivity contribution >= 4 is 34.5 Å². The highest BCUT2D eigenvalue weighted by Gasteiger charge is 2.35. The minimum Gasteiger partial charge on any atom is -0.507 e. The lowest BCUT2D eigenvalue weighted by atomic mass is 9.81. The molecule has 0 atom stereocenters. The molecule has 0 amide bonds. The highest BCUT2D eigenvalue weighted by Crippen LogP contribution is 2.44. The lowest BCUT2D eigenvalue weighted by Crippen LogP contribution is -2.49. The number of fused-ring (bicyclic) bond motifs is 3. The average molecular weight is 437 g/mol. The number of rotatable bonds is 6. The van der Waals surface area contributed by atoms with Crippen LogP contribution in [-0.2, 0) is 4.65 Å². The Morgan fingerprint density at radius 3 is 2.36 bits per heavy atom. The molecule has 1 radical (unpaired) electrons. The van der Waals surface area contributed by atoms with E-state index in [2.05, 4.69) is 42.5 Å². The number of hydrogen-bond donors (Lipinski definition) is 2. The van der Waals surface area contributed by atoms with Gasteiger partial charge in [-0.2, -0.15) is 0 Å². The van der Waals surface area contributed by atoms with Crippen molar-refractivity contribution in [2.75, 3.05) is 0 Å². The topological polar surface area (TPSA) is 49.7 Å². The van der Waals surface area contributed by atoms with Gasteiger partial charge in [0.2, 0.25) is 0 Å². The van der Waals surface area contributed by atoms with E-state index in [9.17, 15) is 10.2 Å². The summed E-state index contributed by atoms with van der Waals surface area (Å²) in [5.41, 5.74) is 2.73. The summed E-state index contributed by atoms with van der Waals surface area (Å²) in [4.78, 5) is 0. The van der Waals surface area contributed by atoms with Crippen molar-refractivity contribution < 1.29 is 14.9 Å². The van der Waals surface area contributed by atoms with Gasteiger partial charge in [-0.1, -0.05) is 60.1 Å². The Hall–Kier alpha value is -2.82. The van der Waals surface area contributed by atoms with Crippen molar-refractivity contribution in [2.45, 2.75) is 57.7 Å². The highest BCUT2D eigenvalue weighted by molar-refractivity contribution is 6.47. The smallest absolute Gasteiger partial charge is 0.330 e. The highest BCUT2D eigenvalue weighted by atomic mass is 16.5. The number of benzene rings is 4. The molecule has 5 rings (SSSR count). The van der Waals surface area contributed by atoms with Gasteiger partial charge >= 0.3 is 7.48 Å². The molecule has 3 nitrogen and oxygen atoms in total. The zero-order valence-electron chi connectivity index (χ0n) is 19.7. The van der Waals surface area contributed by atoms with E-state index in [4.69, 9.17) is 4.65 Å². The second-order valence-corrected chi connectivity index (χ2v) is 10.3. The molecule has 4 heteroatoms. The predicted octanol–water partition coefficient (Wildman–Crippen LogP) is 6.05. The van der Waals surface area contributed by atoms with Gasteiger partial charge < -0.3 is 14.9 Å². The van der Waals surface area contributed by atoms with Crippen molar-refractivity contribution in [3.05, 3.63) is 72.3 Å². The molecule has 0 heterocycles. The fraction of sp³-hybridized carbons (Fsp3) is 0.310. The SMILES string of the molecule is CC(C)(O)C(C)(C)O[B]c1cccc(-c2cc3cc(C4CC4)ccc3c3c(O)cccc23)c1. The molecule has 1 fully saturated rings. The fourth-order valence-corrected chi connectivity index (χ4v) is 4.26. The van der Waals surface area contributed by atoms with Gasteiger partial charge in [-0.3, -0.25) is 0 Å². The monoisotopic (exact) mass is 437 g/mol. The number of aliphatic hydroxyl groups is 1. The molecule has 2 N–H and O–H groups in total. The maximum atomic E-state index is 10.8. The van der Waals surface area contributed by atoms with Gasteiger partial charge in [0.05, 0.1) is 11.2 Å². The Kier molecular flexibility index (Phi) is 5.26. The molecule has 0 unspecified atom stereocenters. The molecule has 0 saturated heterocycles. The van der Waals surface area contributed by atoms with Crippen LogP contribution in [0.1, 0.15) is 52.0 Å². The largest absolute Gasteiger partial charge is 0.507 e. The molecule has 4 aromatic rings. The first-order valence-electron chi connectivity index (χ1n) is 11.7. The summed E-state index contributed by atoms with van der Waals surface area (Å²) in [6, 6.07) is 22.8. The summed E-state index contributed by atoms with van der Waals surface area (Å²) in [7, 11) is 1.72. The summed E-state index contributed by atoms with van der Waals surface area (Å²) in [6.45, 7) is 7.26. The van der Waals surface area contributed by atoms with Gasteiger partial charge in [0.15, 0.2) is 0 Å². The molecule has 0 bridgehead atoms. The second-order valence-electron chi connectivity index (χ2n) is 10.3. The van der Waals surface area contributed by atoms with Crippen molar-refractivity contribution in [3.63, 3.8) is 0 Å². The molecule has 1 aliphatic carbocycles. The van der Waals surface area contributed by atoms with Crippen molar-refractivity contribution in [1.82, 2.24) is 0 Å². The molecule has 1 aliphatic rings. The molecule has 0 aromatic heterocycles. The van der Waals surface area contributed by atoms with Gasteiger partial charge in [-0.05, 0) is 91.4 Å². The van der Waals surface area contributed by atoms with Crippen molar-refractivity contribution in [1.29, 1.82) is 0 Å². The van der Waals surface area contributed by atoms with E-state index in [0.717, 1.165) is 38.1 Å². The fourth-order valence-electron chi connectivity index (χ4n) is 4.26. The predicted molar refractivity (Wildman–Crippen MR) is 137 cm³/mol. The zero-order chi connectivity index (χ0) is 23.4. The maximum Gasteiger partial charge on any atom is 0.330 e.